The summed E-state index contributed by atoms with van der Waals surface area (Å²) in [6.45, 7) is 2.62. The number of benzene rings is 1. The third-order valence-electron chi connectivity index (χ3n) is 3.95. The lowest BCUT2D eigenvalue weighted by atomic mass is 9.81. The Morgan fingerprint density at radius 2 is 1.79 bits per heavy atom. The molecule has 1 aliphatic rings. The Morgan fingerprint density at radius 3 is 2.42 bits per heavy atom. The van der Waals surface area contributed by atoms with Crippen LogP contribution in [0.15, 0.2) is 12.1 Å². The number of rotatable bonds is 4. The normalized spacial score (nSPS) is 18.5. The fraction of sp³-hybridized carbons (Fsp3) is 0.600. The summed E-state index contributed by atoms with van der Waals surface area (Å²) in [7, 11) is 0. The van der Waals surface area contributed by atoms with E-state index in [1.54, 1.807) is 0 Å². The Morgan fingerprint density at radius 1 is 1.11 bits per heavy atom. The van der Waals surface area contributed by atoms with Crippen LogP contribution in [0.4, 0.5) is 13.2 Å². The second kappa shape index (κ2) is 6.42. The zero-order chi connectivity index (χ0) is 13.8. The van der Waals surface area contributed by atoms with Crippen LogP contribution in [0.3, 0.4) is 0 Å². The predicted octanol–water partition coefficient (Wildman–Crippen LogP) is 4.33. The Kier molecular flexibility index (Phi) is 4.86. The van der Waals surface area contributed by atoms with E-state index < -0.39 is 17.5 Å². The van der Waals surface area contributed by atoms with Gasteiger partial charge in [-0.1, -0.05) is 32.3 Å². The SMILES string of the molecule is CCNC(c1ccc(F)c(F)c1F)C1CCCCC1. The lowest BCUT2D eigenvalue weighted by molar-refractivity contribution is 0.267. The number of nitrogens with one attached hydrogen (secondary N) is 1. The van der Waals surface area contributed by atoms with E-state index in [0.717, 1.165) is 31.7 Å². The summed E-state index contributed by atoms with van der Waals surface area (Å²) in [4.78, 5) is 0. The van der Waals surface area contributed by atoms with Gasteiger partial charge in [0.25, 0.3) is 0 Å². The van der Waals surface area contributed by atoms with Gasteiger partial charge in [-0.3, -0.25) is 0 Å². The van der Waals surface area contributed by atoms with E-state index in [-0.39, 0.29) is 11.6 Å². The number of halogens is 3. The van der Waals surface area contributed by atoms with Crippen LogP contribution >= 0.6 is 0 Å². The number of hydrogen-bond acceptors (Lipinski definition) is 1. The molecule has 1 atom stereocenters. The second-order valence-electron chi connectivity index (χ2n) is 5.20. The zero-order valence-corrected chi connectivity index (χ0v) is 11.2. The fourth-order valence-electron chi connectivity index (χ4n) is 3.00. The predicted molar refractivity (Wildman–Crippen MR) is 69.3 cm³/mol. The average molecular weight is 271 g/mol. The van der Waals surface area contributed by atoms with E-state index in [1.165, 1.54) is 12.5 Å². The van der Waals surface area contributed by atoms with Crippen LogP contribution in [0, 0.1) is 23.4 Å². The molecule has 106 valence electrons. The first-order valence-corrected chi connectivity index (χ1v) is 7.02. The van der Waals surface area contributed by atoms with E-state index >= 15 is 0 Å². The molecule has 0 aliphatic heterocycles. The molecule has 1 N–H and O–H groups in total. The van der Waals surface area contributed by atoms with E-state index in [1.807, 2.05) is 6.92 Å². The highest BCUT2D eigenvalue weighted by Crippen LogP contribution is 2.36. The maximum atomic E-state index is 13.9. The zero-order valence-electron chi connectivity index (χ0n) is 11.2. The molecule has 2 rings (SSSR count). The highest BCUT2D eigenvalue weighted by atomic mass is 19.2. The van der Waals surface area contributed by atoms with Crippen LogP contribution in [0.2, 0.25) is 0 Å². The summed E-state index contributed by atoms with van der Waals surface area (Å²) in [5, 5.41) is 3.23. The van der Waals surface area contributed by atoms with Gasteiger partial charge < -0.3 is 5.32 Å². The molecule has 0 aromatic heterocycles. The maximum Gasteiger partial charge on any atom is 0.194 e. The third kappa shape index (κ3) is 3.11. The lowest BCUT2D eigenvalue weighted by Gasteiger charge is -2.31. The molecular formula is C15H20F3N. The van der Waals surface area contributed by atoms with Gasteiger partial charge in [0, 0.05) is 11.6 Å². The minimum atomic E-state index is -1.36. The number of hydrogen-bond donors (Lipinski definition) is 1. The topological polar surface area (TPSA) is 12.0 Å². The van der Waals surface area contributed by atoms with Gasteiger partial charge in [0.1, 0.15) is 0 Å². The van der Waals surface area contributed by atoms with E-state index in [9.17, 15) is 13.2 Å². The summed E-state index contributed by atoms with van der Waals surface area (Å²) in [5.74, 6) is -3.24. The molecule has 0 amide bonds. The largest absolute Gasteiger partial charge is 0.310 e. The van der Waals surface area contributed by atoms with Crippen LogP contribution in [0.1, 0.15) is 50.6 Å². The van der Waals surface area contributed by atoms with Crippen LogP contribution < -0.4 is 5.32 Å². The molecular weight excluding hydrogens is 251 g/mol. The first-order valence-electron chi connectivity index (χ1n) is 7.02. The van der Waals surface area contributed by atoms with Crippen molar-refractivity contribution in [2.45, 2.75) is 45.1 Å². The molecule has 1 aliphatic carbocycles. The summed E-state index contributed by atoms with van der Waals surface area (Å²) in [5.41, 5.74) is 0.257. The van der Waals surface area contributed by atoms with Crippen molar-refractivity contribution < 1.29 is 13.2 Å². The van der Waals surface area contributed by atoms with Gasteiger partial charge in [0.15, 0.2) is 17.5 Å². The van der Waals surface area contributed by atoms with Gasteiger partial charge in [-0.05, 0) is 31.4 Å². The molecule has 0 saturated heterocycles. The molecule has 19 heavy (non-hydrogen) atoms. The highest BCUT2D eigenvalue weighted by molar-refractivity contribution is 5.24. The third-order valence-corrected chi connectivity index (χ3v) is 3.95. The molecule has 1 aromatic rings. The minimum absolute atomic E-state index is 0.222. The fourth-order valence-corrected chi connectivity index (χ4v) is 3.00. The molecule has 1 nitrogen and oxygen atoms in total. The molecule has 0 bridgehead atoms. The van der Waals surface area contributed by atoms with Gasteiger partial charge >= 0.3 is 0 Å². The van der Waals surface area contributed by atoms with Gasteiger partial charge in [0.05, 0.1) is 0 Å². The first-order chi connectivity index (χ1) is 9.15. The molecule has 1 saturated carbocycles. The molecule has 1 fully saturated rings. The summed E-state index contributed by atoms with van der Waals surface area (Å²) in [6, 6.07) is 2.16. The molecule has 0 spiro atoms. The summed E-state index contributed by atoms with van der Waals surface area (Å²) in [6.07, 6.45) is 5.47. The molecule has 0 radical (unpaired) electrons. The van der Waals surface area contributed by atoms with Gasteiger partial charge in [-0.15, -0.1) is 0 Å². The minimum Gasteiger partial charge on any atom is -0.310 e. The smallest absolute Gasteiger partial charge is 0.194 e. The van der Waals surface area contributed by atoms with Crippen LogP contribution in [-0.2, 0) is 0 Å². The molecule has 4 heteroatoms. The average Bonchev–Trinajstić information content (AvgIpc) is 2.44. The van der Waals surface area contributed by atoms with Gasteiger partial charge in [0.2, 0.25) is 0 Å². The summed E-state index contributed by atoms with van der Waals surface area (Å²) >= 11 is 0. The van der Waals surface area contributed by atoms with Crippen molar-refractivity contribution in [2.75, 3.05) is 6.54 Å². The Labute approximate surface area is 112 Å². The highest BCUT2D eigenvalue weighted by Gasteiger charge is 2.28. The van der Waals surface area contributed by atoms with Gasteiger partial charge in [-0.25, -0.2) is 13.2 Å². The van der Waals surface area contributed by atoms with Crippen molar-refractivity contribution in [1.29, 1.82) is 0 Å². The van der Waals surface area contributed by atoms with Crippen LogP contribution in [0.25, 0.3) is 0 Å². The molecule has 1 unspecified atom stereocenters. The maximum absolute atomic E-state index is 13.9. The first kappa shape index (κ1) is 14.4. The van der Waals surface area contributed by atoms with Crippen molar-refractivity contribution in [3.8, 4) is 0 Å². The van der Waals surface area contributed by atoms with E-state index in [0.29, 0.717) is 12.5 Å². The van der Waals surface area contributed by atoms with E-state index in [2.05, 4.69) is 5.32 Å². The van der Waals surface area contributed by atoms with Crippen molar-refractivity contribution in [1.82, 2.24) is 5.32 Å². The van der Waals surface area contributed by atoms with E-state index in [4.69, 9.17) is 0 Å². The lowest BCUT2D eigenvalue weighted by Crippen LogP contribution is -2.30. The monoisotopic (exact) mass is 271 g/mol. The Bertz CT molecular complexity index is 428. The van der Waals surface area contributed by atoms with Crippen LogP contribution in [-0.4, -0.2) is 6.54 Å². The van der Waals surface area contributed by atoms with Crippen molar-refractivity contribution in [2.24, 2.45) is 5.92 Å². The quantitative estimate of drug-likeness (QED) is 0.803. The van der Waals surface area contributed by atoms with Crippen molar-refractivity contribution in [3.05, 3.63) is 35.1 Å². The second-order valence-corrected chi connectivity index (χ2v) is 5.20. The van der Waals surface area contributed by atoms with Crippen molar-refractivity contribution >= 4 is 0 Å². The Hall–Kier alpha value is -1.03. The van der Waals surface area contributed by atoms with Crippen molar-refractivity contribution in [3.63, 3.8) is 0 Å². The summed E-state index contributed by atoms with van der Waals surface area (Å²) < 4.78 is 40.3. The molecule has 0 heterocycles. The Balaban J connectivity index is 2.30. The van der Waals surface area contributed by atoms with Crippen LogP contribution in [0.5, 0.6) is 0 Å². The van der Waals surface area contributed by atoms with Gasteiger partial charge in [-0.2, -0.15) is 0 Å². The molecule has 1 aromatic carbocycles. The standard InChI is InChI=1S/C15H20F3N/c1-2-19-15(10-6-4-3-5-7-10)11-8-9-12(16)14(18)13(11)17/h8-10,15,19H,2-7H2,1H3.